The summed E-state index contributed by atoms with van der Waals surface area (Å²) in [4.78, 5) is 0. The summed E-state index contributed by atoms with van der Waals surface area (Å²) in [6, 6.07) is 14.5. The van der Waals surface area contributed by atoms with Crippen molar-refractivity contribution >= 4 is 5.52 Å². The minimum absolute atomic E-state index is 0.588. The van der Waals surface area contributed by atoms with Crippen LogP contribution in [0.2, 0.25) is 0 Å². The Morgan fingerprint density at radius 2 is 1.72 bits per heavy atom. The molecule has 5 nitrogen and oxygen atoms in total. The Hall–Kier alpha value is -3.08. The monoisotopic (exact) mass is 386 g/mol. The number of aryl methyl sites for hydroxylation is 1. The maximum absolute atomic E-state index is 5.98. The molecule has 1 aliphatic rings. The van der Waals surface area contributed by atoms with Crippen molar-refractivity contribution in [2.75, 3.05) is 6.61 Å². The van der Waals surface area contributed by atoms with Gasteiger partial charge in [0.2, 0.25) is 0 Å². The zero-order valence-corrected chi connectivity index (χ0v) is 16.7. The number of para-hydroxylation sites is 1. The molecule has 0 amide bonds. The molecule has 1 aliphatic carbocycles. The van der Waals surface area contributed by atoms with Crippen molar-refractivity contribution in [3.63, 3.8) is 0 Å². The van der Waals surface area contributed by atoms with Crippen molar-refractivity contribution in [3.8, 4) is 16.9 Å². The van der Waals surface area contributed by atoms with E-state index in [9.17, 15) is 0 Å². The minimum Gasteiger partial charge on any atom is -0.493 e. The van der Waals surface area contributed by atoms with Crippen LogP contribution in [0.15, 0.2) is 67.3 Å². The van der Waals surface area contributed by atoms with Gasteiger partial charge in [0.05, 0.1) is 24.5 Å². The summed E-state index contributed by atoms with van der Waals surface area (Å²) in [7, 11) is 1.94. The standard InChI is InChI=1S/C24H26N4O/c1-27-15-21(13-25-27)20-11-12-24-23(14-26-28(24)16-20)19-9-7-18(8-10-19)17-29-22-5-3-2-4-6-22/h2-6,11-16,18-19H,7-10,17H2,1H3. The normalized spacial score (nSPS) is 19.5. The fourth-order valence-corrected chi connectivity index (χ4v) is 4.43. The number of benzene rings is 1. The van der Waals surface area contributed by atoms with Gasteiger partial charge in [-0.2, -0.15) is 10.2 Å². The number of pyridine rings is 1. The Bertz CT molecular complexity index is 1090. The second-order valence-corrected chi connectivity index (χ2v) is 8.09. The number of hydrogen-bond donors (Lipinski definition) is 0. The van der Waals surface area contributed by atoms with Crippen LogP contribution in [-0.2, 0) is 7.05 Å². The lowest BCUT2D eigenvalue weighted by Gasteiger charge is -2.28. The highest BCUT2D eigenvalue weighted by molar-refractivity contribution is 5.66. The average molecular weight is 386 g/mol. The first kappa shape index (κ1) is 18.0. The molecule has 148 valence electrons. The van der Waals surface area contributed by atoms with E-state index in [1.807, 2.05) is 59.0 Å². The van der Waals surface area contributed by atoms with Crippen LogP contribution in [-0.4, -0.2) is 26.0 Å². The molecule has 0 spiro atoms. The van der Waals surface area contributed by atoms with Crippen molar-refractivity contribution in [2.24, 2.45) is 13.0 Å². The Morgan fingerprint density at radius 1 is 0.897 bits per heavy atom. The van der Waals surface area contributed by atoms with Gasteiger partial charge in [0, 0.05) is 36.1 Å². The fourth-order valence-electron chi connectivity index (χ4n) is 4.43. The van der Waals surface area contributed by atoms with Crippen molar-refractivity contribution in [3.05, 3.63) is 72.8 Å². The van der Waals surface area contributed by atoms with Gasteiger partial charge in [-0.1, -0.05) is 24.3 Å². The second-order valence-electron chi connectivity index (χ2n) is 8.09. The van der Waals surface area contributed by atoms with Crippen molar-refractivity contribution in [2.45, 2.75) is 31.6 Å². The lowest BCUT2D eigenvalue weighted by Crippen LogP contribution is -2.19. The van der Waals surface area contributed by atoms with Gasteiger partial charge in [-0.05, 0) is 55.7 Å². The number of ether oxygens (including phenoxy) is 1. The van der Waals surface area contributed by atoms with Crippen LogP contribution in [0.5, 0.6) is 5.75 Å². The first-order valence-electron chi connectivity index (χ1n) is 10.4. The van der Waals surface area contributed by atoms with E-state index in [2.05, 4.69) is 34.7 Å². The summed E-state index contributed by atoms with van der Waals surface area (Å²) in [5, 5.41) is 8.92. The second kappa shape index (κ2) is 7.74. The highest BCUT2D eigenvalue weighted by Crippen LogP contribution is 2.38. The van der Waals surface area contributed by atoms with Gasteiger partial charge >= 0.3 is 0 Å². The van der Waals surface area contributed by atoms with E-state index in [0.29, 0.717) is 11.8 Å². The van der Waals surface area contributed by atoms with Crippen LogP contribution in [0, 0.1) is 5.92 Å². The molecule has 1 aromatic carbocycles. The highest BCUT2D eigenvalue weighted by atomic mass is 16.5. The minimum atomic E-state index is 0.588. The number of aromatic nitrogens is 4. The van der Waals surface area contributed by atoms with Gasteiger partial charge in [-0.25, -0.2) is 4.52 Å². The Kier molecular flexibility index (Phi) is 4.80. The topological polar surface area (TPSA) is 44.4 Å². The molecule has 0 N–H and O–H groups in total. The molecule has 29 heavy (non-hydrogen) atoms. The molecule has 0 saturated heterocycles. The van der Waals surface area contributed by atoms with Crippen LogP contribution in [0.1, 0.15) is 37.2 Å². The molecule has 0 aliphatic heterocycles. The van der Waals surface area contributed by atoms with Gasteiger partial charge in [-0.15, -0.1) is 0 Å². The number of fused-ring (bicyclic) bond motifs is 1. The first-order chi connectivity index (χ1) is 14.3. The Morgan fingerprint density at radius 3 is 2.48 bits per heavy atom. The molecule has 0 atom stereocenters. The van der Waals surface area contributed by atoms with Crippen molar-refractivity contribution in [1.82, 2.24) is 19.4 Å². The molecule has 0 unspecified atom stereocenters. The van der Waals surface area contributed by atoms with Crippen LogP contribution in [0.4, 0.5) is 0 Å². The third-order valence-electron chi connectivity index (χ3n) is 6.10. The third kappa shape index (κ3) is 3.77. The van der Waals surface area contributed by atoms with E-state index in [1.54, 1.807) is 0 Å². The lowest BCUT2D eigenvalue weighted by atomic mass is 9.79. The predicted octanol–water partition coefficient (Wildman–Crippen LogP) is 5.09. The molecule has 5 rings (SSSR count). The molecule has 0 bridgehead atoms. The van der Waals surface area contributed by atoms with Crippen LogP contribution >= 0.6 is 0 Å². The Labute approximate surface area is 170 Å². The third-order valence-corrected chi connectivity index (χ3v) is 6.10. The molecule has 1 saturated carbocycles. The molecule has 3 aromatic heterocycles. The smallest absolute Gasteiger partial charge is 0.119 e. The van der Waals surface area contributed by atoms with Crippen molar-refractivity contribution in [1.29, 1.82) is 0 Å². The van der Waals surface area contributed by atoms with E-state index >= 15 is 0 Å². The SMILES string of the molecule is Cn1cc(-c2ccc3c(C4CCC(COc5ccccc5)CC4)cnn3c2)cn1. The van der Waals surface area contributed by atoms with E-state index in [1.165, 1.54) is 36.8 Å². The number of hydrogen-bond acceptors (Lipinski definition) is 3. The largest absolute Gasteiger partial charge is 0.493 e. The summed E-state index contributed by atoms with van der Waals surface area (Å²) in [5.41, 5.74) is 4.86. The average Bonchev–Trinajstić information content (AvgIpc) is 3.39. The maximum Gasteiger partial charge on any atom is 0.119 e. The van der Waals surface area contributed by atoms with Crippen LogP contribution in [0.25, 0.3) is 16.6 Å². The highest BCUT2D eigenvalue weighted by Gasteiger charge is 2.25. The molecular formula is C24H26N4O. The van der Waals surface area contributed by atoms with Gasteiger partial charge in [0.25, 0.3) is 0 Å². The van der Waals surface area contributed by atoms with Crippen LogP contribution < -0.4 is 4.74 Å². The van der Waals surface area contributed by atoms with Gasteiger partial charge < -0.3 is 4.74 Å². The van der Waals surface area contributed by atoms with E-state index < -0.39 is 0 Å². The molecular weight excluding hydrogens is 360 g/mol. The zero-order valence-electron chi connectivity index (χ0n) is 16.7. The fraction of sp³-hybridized carbons (Fsp3) is 0.333. The molecule has 3 heterocycles. The maximum atomic E-state index is 5.98. The molecule has 0 radical (unpaired) electrons. The number of rotatable bonds is 5. The molecule has 1 fully saturated rings. The van der Waals surface area contributed by atoms with E-state index in [-0.39, 0.29) is 0 Å². The summed E-state index contributed by atoms with van der Waals surface area (Å²) >= 11 is 0. The Balaban J connectivity index is 1.25. The van der Waals surface area contributed by atoms with Crippen molar-refractivity contribution < 1.29 is 4.74 Å². The van der Waals surface area contributed by atoms with E-state index in [0.717, 1.165) is 23.5 Å². The number of nitrogens with zero attached hydrogens (tertiary/aromatic N) is 4. The van der Waals surface area contributed by atoms with Gasteiger partial charge in [-0.3, -0.25) is 4.68 Å². The van der Waals surface area contributed by atoms with Crippen LogP contribution in [0.3, 0.4) is 0 Å². The first-order valence-corrected chi connectivity index (χ1v) is 10.4. The molecule has 5 heteroatoms. The summed E-state index contributed by atoms with van der Waals surface area (Å²) in [5.74, 6) is 2.21. The van der Waals surface area contributed by atoms with Gasteiger partial charge in [0.15, 0.2) is 0 Å². The quantitative estimate of drug-likeness (QED) is 0.480. The molecule has 4 aromatic rings. The summed E-state index contributed by atoms with van der Waals surface area (Å²) < 4.78 is 9.82. The zero-order chi connectivity index (χ0) is 19.6. The van der Waals surface area contributed by atoms with Gasteiger partial charge in [0.1, 0.15) is 5.75 Å². The summed E-state index contributed by atoms with van der Waals surface area (Å²) in [6.45, 7) is 0.819. The predicted molar refractivity (Wildman–Crippen MR) is 114 cm³/mol. The van der Waals surface area contributed by atoms with E-state index in [4.69, 9.17) is 4.74 Å². The lowest BCUT2D eigenvalue weighted by molar-refractivity contribution is 0.200. The summed E-state index contributed by atoms with van der Waals surface area (Å²) in [6.07, 6.45) is 12.9.